The third-order valence-corrected chi connectivity index (χ3v) is 4.96. The van der Waals surface area contributed by atoms with Crippen LogP contribution in [0.4, 0.5) is 5.13 Å². The van der Waals surface area contributed by atoms with Crippen LogP contribution in [-0.2, 0) is 0 Å². The average molecular weight is 350 g/mol. The van der Waals surface area contributed by atoms with Gasteiger partial charge in [0.05, 0.1) is 11.4 Å². The van der Waals surface area contributed by atoms with Crippen LogP contribution < -0.4 is 5.43 Å². The molecule has 1 N–H and O–H groups in total. The summed E-state index contributed by atoms with van der Waals surface area (Å²) in [5, 5.41) is 7.41. The minimum Gasteiger partial charge on any atom is -0.252 e. The van der Waals surface area contributed by atoms with E-state index >= 15 is 0 Å². The van der Waals surface area contributed by atoms with Crippen molar-refractivity contribution in [3.05, 3.63) is 69.6 Å². The van der Waals surface area contributed by atoms with Crippen LogP contribution in [-0.4, -0.2) is 10.7 Å². The Bertz CT molecular complexity index is 898. The van der Waals surface area contributed by atoms with Crippen LogP contribution in [0.25, 0.3) is 11.3 Å². The minimum atomic E-state index is 0.803. The smallest absolute Gasteiger partial charge is 0.203 e. The fourth-order valence-electron chi connectivity index (χ4n) is 3.12. The molecule has 4 heteroatoms. The van der Waals surface area contributed by atoms with Gasteiger partial charge in [-0.25, -0.2) is 4.98 Å². The second kappa shape index (κ2) is 7.19. The van der Waals surface area contributed by atoms with Gasteiger partial charge in [0.2, 0.25) is 5.13 Å². The topological polar surface area (TPSA) is 37.3 Å². The first-order valence-corrected chi connectivity index (χ1v) is 9.23. The van der Waals surface area contributed by atoms with Gasteiger partial charge in [-0.2, -0.15) is 5.10 Å². The molecule has 0 saturated heterocycles. The highest BCUT2D eigenvalue weighted by Gasteiger charge is 2.08. The maximum Gasteiger partial charge on any atom is 0.203 e. The summed E-state index contributed by atoms with van der Waals surface area (Å²) in [5.74, 6) is 0. The molecule has 0 saturated carbocycles. The Morgan fingerprint density at radius 1 is 0.960 bits per heavy atom. The quantitative estimate of drug-likeness (QED) is 0.472. The number of thiazole rings is 1. The third-order valence-electron chi connectivity index (χ3n) is 4.21. The maximum absolute atomic E-state index is 4.64. The van der Waals surface area contributed by atoms with Gasteiger partial charge in [0.25, 0.3) is 0 Å². The van der Waals surface area contributed by atoms with Gasteiger partial charge in [0, 0.05) is 16.5 Å². The molecule has 3 rings (SSSR count). The maximum atomic E-state index is 4.64. The summed E-state index contributed by atoms with van der Waals surface area (Å²) in [7, 11) is 0. The molecule has 0 atom stereocenters. The van der Waals surface area contributed by atoms with Crippen LogP contribution in [0.2, 0.25) is 0 Å². The highest BCUT2D eigenvalue weighted by molar-refractivity contribution is 7.14. The molecule has 1 heterocycles. The Kier molecular flexibility index (Phi) is 5.00. The van der Waals surface area contributed by atoms with Crippen molar-refractivity contribution in [3.63, 3.8) is 0 Å². The molecule has 0 aliphatic rings. The van der Waals surface area contributed by atoms with Crippen molar-refractivity contribution in [1.82, 2.24) is 4.98 Å². The SMILES string of the molecule is C/C(=N\Nc1nc(-c2ccc(C)cc2)cs1)c1c(C)cc(C)cc1C. The molecular weight excluding hydrogens is 326 g/mol. The van der Waals surface area contributed by atoms with Gasteiger partial charge in [0.15, 0.2) is 0 Å². The molecule has 0 fully saturated rings. The van der Waals surface area contributed by atoms with Crippen molar-refractivity contribution >= 4 is 22.2 Å². The zero-order chi connectivity index (χ0) is 18.0. The van der Waals surface area contributed by atoms with Crippen molar-refractivity contribution in [2.45, 2.75) is 34.6 Å². The summed E-state index contributed by atoms with van der Waals surface area (Å²) in [4.78, 5) is 4.64. The fraction of sp³-hybridized carbons (Fsp3) is 0.238. The summed E-state index contributed by atoms with van der Waals surface area (Å²) in [6.45, 7) is 10.5. The molecule has 0 bridgehead atoms. The lowest BCUT2D eigenvalue weighted by atomic mass is 9.97. The van der Waals surface area contributed by atoms with Crippen LogP contribution in [0, 0.1) is 27.7 Å². The lowest BCUT2D eigenvalue weighted by molar-refractivity contribution is 1.24. The summed E-state index contributed by atoms with van der Waals surface area (Å²) in [5.41, 5.74) is 12.4. The second-order valence-electron chi connectivity index (χ2n) is 6.49. The van der Waals surface area contributed by atoms with Gasteiger partial charge in [-0.05, 0) is 45.7 Å². The summed E-state index contributed by atoms with van der Waals surface area (Å²) >= 11 is 1.57. The van der Waals surface area contributed by atoms with E-state index in [-0.39, 0.29) is 0 Å². The molecule has 0 amide bonds. The largest absolute Gasteiger partial charge is 0.252 e. The molecule has 25 heavy (non-hydrogen) atoms. The van der Waals surface area contributed by atoms with Crippen LogP contribution in [0.3, 0.4) is 0 Å². The van der Waals surface area contributed by atoms with Gasteiger partial charge in [0.1, 0.15) is 0 Å². The second-order valence-corrected chi connectivity index (χ2v) is 7.34. The molecule has 0 aliphatic heterocycles. The first-order chi connectivity index (χ1) is 11.9. The zero-order valence-electron chi connectivity index (χ0n) is 15.3. The highest BCUT2D eigenvalue weighted by Crippen LogP contribution is 2.25. The lowest BCUT2D eigenvalue weighted by Crippen LogP contribution is -2.05. The summed E-state index contributed by atoms with van der Waals surface area (Å²) in [6, 6.07) is 12.8. The normalized spacial score (nSPS) is 11.6. The lowest BCUT2D eigenvalue weighted by Gasteiger charge is -2.11. The van der Waals surface area contributed by atoms with Crippen molar-refractivity contribution in [2.24, 2.45) is 5.10 Å². The first kappa shape index (κ1) is 17.4. The van der Waals surface area contributed by atoms with E-state index in [0.29, 0.717) is 0 Å². The molecule has 1 aromatic heterocycles. The standard InChI is InChI=1S/C21H23N3S/c1-13-6-8-18(9-7-13)19-12-25-21(22-19)24-23-17(5)20-15(3)10-14(2)11-16(20)4/h6-12H,1-5H3,(H,22,24)/b23-17+. The van der Waals surface area contributed by atoms with E-state index in [2.05, 4.69) is 85.0 Å². The van der Waals surface area contributed by atoms with Gasteiger partial charge in [-0.3, -0.25) is 5.43 Å². The molecule has 0 aliphatic carbocycles. The van der Waals surface area contributed by atoms with E-state index in [9.17, 15) is 0 Å². The molecule has 0 radical (unpaired) electrons. The van der Waals surface area contributed by atoms with E-state index in [1.54, 1.807) is 11.3 Å². The fourth-order valence-corrected chi connectivity index (χ4v) is 3.78. The van der Waals surface area contributed by atoms with Crippen LogP contribution in [0.15, 0.2) is 46.9 Å². The molecule has 3 aromatic rings. The third kappa shape index (κ3) is 3.97. The van der Waals surface area contributed by atoms with E-state index in [1.807, 2.05) is 6.92 Å². The number of aromatic nitrogens is 1. The van der Waals surface area contributed by atoms with Crippen LogP contribution in [0.1, 0.15) is 34.7 Å². The Hall–Kier alpha value is -2.46. The van der Waals surface area contributed by atoms with Gasteiger partial charge in [-0.15, -0.1) is 11.3 Å². The number of hydrazone groups is 1. The zero-order valence-corrected chi connectivity index (χ0v) is 16.2. The van der Waals surface area contributed by atoms with Crippen LogP contribution in [0.5, 0.6) is 0 Å². The van der Waals surface area contributed by atoms with Crippen LogP contribution >= 0.6 is 11.3 Å². The van der Waals surface area contributed by atoms with Crippen molar-refractivity contribution in [3.8, 4) is 11.3 Å². The van der Waals surface area contributed by atoms with E-state index in [0.717, 1.165) is 22.1 Å². The van der Waals surface area contributed by atoms with Gasteiger partial charge >= 0.3 is 0 Å². The van der Waals surface area contributed by atoms with Crippen molar-refractivity contribution < 1.29 is 0 Å². The van der Waals surface area contributed by atoms with E-state index < -0.39 is 0 Å². The number of nitrogens with one attached hydrogen (secondary N) is 1. The minimum absolute atomic E-state index is 0.803. The Morgan fingerprint density at radius 2 is 1.60 bits per heavy atom. The number of hydrogen-bond acceptors (Lipinski definition) is 4. The monoisotopic (exact) mass is 349 g/mol. The number of benzene rings is 2. The number of nitrogens with zero attached hydrogens (tertiary/aromatic N) is 2. The molecule has 3 nitrogen and oxygen atoms in total. The molecule has 0 unspecified atom stereocenters. The molecular formula is C21H23N3S. The highest BCUT2D eigenvalue weighted by atomic mass is 32.1. The summed E-state index contributed by atoms with van der Waals surface area (Å²) < 4.78 is 0. The van der Waals surface area contributed by atoms with E-state index in [1.165, 1.54) is 27.8 Å². The number of anilines is 1. The van der Waals surface area contributed by atoms with Gasteiger partial charge in [-0.1, -0.05) is 47.5 Å². The average Bonchev–Trinajstić information content (AvgIpc) is 3.01. The van der Waals surface area contributed by atoms with Crippen molar-refractivity contribution in [2.75, 3.05) is 5.43 Å². The number of hydrogen-bond donors (Lipinski definition) is 1. The predicted octanol–water partition coefficient (Wildman–Crippen LogP) is 5.88. The van der Waals surface area contributed by atoms with E-state index in [4.69, 9.17) is 0 Å². The first-order valence-electron chi connectivity index (χ1n) is 8.35. The van der Waals surface area contributed by atoms with Gasteiger partial charge < -0.3 is 0 Å². The molecule has 2 aromatic carbocycles. The predicted molar refractivity (Wildman–Crippen MR) is 109 cm³/mol. The Morgan fingerprint density at radius 3 is 2.24 bits per heavy atom. The molecule has 0 spiro atoms. The molecule has 128 valence electrons. The Labute approximate surface area is 153 Å². The Balaban J connectivity index is 1.79. The van der Waals surface area contributed by atoms with Crippen molar-refractivity contribution in [1.29, 1.82) is 0 Å². The summed E-state index contributed by atoms with van der Waals surface area (Å²) in [6.07, 6.45) is 0. The number of rotatable bonds is 4. The number of aryl methyl sites for hydroxylation is 4.